The highest BCUT2D eigenvalue weighted by Gasteiger charge is 2.16. The van der Waals surface area contributed by atoms with Crippen molar-refractivity contribution >= 4 is 29.3 Å². The molecule has 0 spiro atoms. The van der Waals surface area contributed by atoms with Crippen LogP contribution in [0.25, 0.3) is 0 Å². The van der Waals surface area contributed by atoms with Crippen LogP contribution >= 0.6 is 11.8 Å². The summed E-state index contributed by atoms with van der Waals surface area (Å²) in [7, 11) is 4.79. The summed E-state index contributed by atoms with van der Waals surface area (Å²) in [5, 5.41) is 2.62. The monoisotopic (exact) mass is 345 g/mol. The highest BCUT2D eigenvalue weighted by molar-refractivity contribution is 7.98. The molecular weight excluding hydrogens is 326 g/mol. The normalized spacial score (nSPS) is 10.3. The summed E-state index contributed by atoms with van der Waals surface area (Å²) in [6.45, 7) is 0. The molecule has 0 aliphatic rings. The van der Waals surface area contributed by atoms with Crippen LogP contribution in [-0.2, 0) is 7.05 Å². The molecule has 2 rings (SSSR count). The van der Waals surface area contributed by atoms with Gasteiger partial charge in [0.05, 0.1) is 11.1 Å². The van der Waals surface area contributed by atoms with E-state index in [9.17, 15) is 14.4 Å². The Labute approximate surface area is 144 Å². The minimum Gasteiger partial charge on any atom is -0.345 e. The third kappa shape index (κ3) is 3.68. The van der Waals surface area contributed by atoms with Crippen molar-refractivity contribution in [2.75, 3.05) is 25.7 Å². The van der Waals surface area contributed by atoms with Crippen LogP contribution in [0, 0.1) is 0 Å². The van der Waals surface area contributed by atoms with Crippen LogP contribution in [0.2, 0.25) is 0 Å². The Hall–Kier alpha value is -2.54. The van der Waals surface area contributed by atoms with E-state index in [2.05, 4.69) is 5.32 Å². The minimum atomic E-state index is -0.383. The van der Waals surface area contributed by atoms with Gasteiger partial charge in [-0.1, -0.05) is 12.1 Å². The number of carbonyl (C=O) groups is 2. The van der Waals surface area contributed by atoms with E-state index in [0.29, 0.717) is 11.1 Å². The minimum absolute atomic E-state index is 0.0751. The summed E-state index contributed by atoms with van der Waals surface area (Å²) in [6.07, 6.45) is 3.33. The molecule has 2 aromatic rings. The smallest absolute Gasteiger partial charge is 0.274 e. The van der Waals surface area contributed by atoms with Gasteiger partial charge >= 0.3 is 0 Å². The van der Waals surface area contributed by atoms with E-state index in [1.54, 1.807) is 33.3 Å². The zero-order chi connectivity index (χ0) is 17.9. The zero-order valence-corrected chi connectivity index (χ0v) is 14.8. The van der Waals surface area contributed by atoms with E-state index < -0.39 is 0 Å². The lowest BCUT2D eigenvalue weighted by molar-refractivity contribution is 0.0826. The highest BCUT2D eigenvalue weighted by Crippen LogP contribution is 2.20. The van der Waals surface area contributed by atoms with Gasteiger partial charge in [-0.25, -0.2) is 0 Å². The predicted molar refractivity (Wildman–Crippen MR) is 95.9 cm³/mol. The summed E-state index contributed by atoms with van der Waals surface area (Å²) in [6, 6.07) is 8.55. The number of amides is 2. The quantitative estimate of drug-likeness (QED) is 0.861. The van der Waals surface area contributed by atoms with Crippen LogP contribution in [-0.4, -0.2) is 41.6 Å². The van der Waals surface area contributed by atoms with E-state index in [-0.39, 0.29) is 23.1 Å². The average molecular weight is 345 g/mol. The van der Waals surface area contributed by atoms with Crippen LogP contribution < -0.4 is 10.9 Å². The van der Waals surface area contributed by atoms with Crippen molar-refractivity contribution in [3.8, 4) is 0 Å². The maximum Gasteiger partial charge on any atom is 0.274 e. The van der Waals surface area contributed by atoms with Crippen molar-refractivity contribution in [2.24, 2.45) is 7.05 Å². The number of anilines is 1. The van der Waals surface area contributed by atoms with Crippen molar-refractivity contribution in [2.45, 2.75) is 4.90 Å². The molecule has 0 bridgehead atoms. The number of hydrogen-bond acceptors (Lipinski definition) is 4. The molecule has 0 fully saturated rings. The van der Waals surface area contributed by atoms with Gasteiger partial charge in [0.1, 0.15) is 5.69 Å². The molecule has 0 saturated carbocycles. The number of pyridine rings is 1. The molecule has 0 aliphatic carbocycles. The molecule has 1 aromatic carbocycles. The fourth-order valence-electron chi connectivity index (χ4n) is 2.20. The number of nitrogens with one attached hydrogen (secondary N) is 1. The van der Waals surface area contributed by atoms with Crippen molar-refractivity contribution < 1.29 is 9.59 Å². The lowest BCUT2D eigenvalue weighted by Crippen LogP contribution is -2.28. The Morgan fingerprint density at radius 1 is 1.21 bits per heavy atom. The van der Waals surface area contributed by atoms with Crippen molar-refractivity contribution in [1.29, 1.82) is 0 Å². The molecule has 0 unspecified atom stereocenters. The summed E-state index contributed by atoms with van der Waals surface area (Å²) in [5.41, 5.74) is 0.512. The largest absolute Gasteiger partial charge is 0.345 e. The summed E-state index contributed by atoms with van der Waals surface area (Å²) < 4.78 is 1.28. The molecule has 7 heteroatoms. The standard InChI is InChI=1S/C17H19N3O3S/c1-19(2)16(22)11-9-13(17(23)20(3)10-11)18-15(21)12-7-5-6-8-14(12)24-4/h5-10H,1-4H3,(H,18,21). The first-order chi connectivity index (χ1) is 11.3. The number of thioether (sulfide) groups is 1. The van der Waals surface area contributed by atoms with Gasteiger partial charge in [-0.2, -0.15) is 0 Å². The Balaban J connectivity index is 2.40. The Kier molecular flexibility index (Phi) is 5.46. The second-order valence-corrected chi connectivity index (χ2v) is 6.26. The third-order valence-electron chi connectivity index (χ3n) is 3.44. The molecule has 0 aliphatic heterocycles. The number of carbonyl (C=O) groups excluding carboxylic acids is 2. The molecule has 2 amide bonds. The molecule has 1 N–H and O–H groups in total. The molecule has 126 valence electrons. The first kappa shape index (κ1) is 17.8. The molecule has 0 atom stereocenters. The van der Waals surface area contributed by atoms with Gasteiger partial charge in [-0.15, -0.1) is 11.8 Å². The number of aromatic nitrogens is 1. The SMILES string of the molecule is CSc1ccccc1C(=O)Nc1cc(C(=O)N(C)C)cn(C)c1=O. The molecule has 0 saturated heterocycles. The van der Waals surface area contributed by atoms with Gasteiger partial charge in [0.15, 0.2) is 0 Å². The number of nitrogens with zero attached hydrogens (tertiary/aromatic N) is 2. The predicted octanol–water partition coefficient (Wildman–Crippen LogP) is 2.06. The van der Waals surface area contributed by atoms with Crippen molar-refractivity contribution in [3.05, 3.63) is 58.0 Å². The van der Waals surface area contributed by atoms with Crippen LogP contribution in [0.3, 0.4) is 0 Å². The fraction of sp³-hybridized carbons (Fsp3) is 0.235. The molecule has 0 radical (unpaired) electrons. The van der Waals surface area contributed by atoms with E-state index in [4.69, 9.17) is 0 Å². The number of rotatable bonds is 4. The maximum atomic E-state index is 12.5. The molecule has 24 heavy (non-hydrogen) atoms. The summed E-state index contributed by atoms with van der Waals surface area (Å²) in [5.74, 6) is -0.628. The molecule has 1 heterocycles. The number of aryl methyl sites for hydroxylation is 1. The Bertz CT molecular complexity index is 843. The molecular formula is C17H19N3O3S. The van der Waals surface area contributed by atoms with Crippen LogP contribution in [0.15, 0.2) is 46.2 Å². The Morgan fingerprint density at radius 3 is 2.50 bits per heavy atom. The van der Waals surface area contributed by atoms with Gasteiger partial charge in [0, 0.05) is 32.2 Å². The van der Waals surface area contributed by atoms with Gasteiger partial charge in [0.2, 0.25) is 0 Å². The summed E-state index contributed by atoms with van der Waals surface area (Å²) >= 11 is 1.45. The second-order valence-electron chi connectivity index (χ2n) is 5.41. The molecule has 1 aromatic heterocycles. The topological polar surface area (TPSA) is 71.4 Å². The van der Waals surface area contributed by atoms with Crippen LogP contribution in [0.1, 0.15) is 20.7 Å². The van der Waals surface area contributed by atoms with Crippen molar-refractivity contribution in [3.63, 3.8) is 0 Å². The molecule has 6 nitrogen and oxygen atoms in total. The van der Waals surface area contributed by atoms with Crippen molar-refractivity contribution in [1.82, 2.24) is 9.47 Å². The van der Waals surface area contributed by atoms with E-state index in [1.165, 1.54) is 33.5 Å². The first-order valence-corrected chi connectivity index (χ1v) is 8.44. The maximum absolute atomic E-state index is 12.5. The summed E-state index contributed by atoms with van der Waals surface area (Å²) in [4.78, 5) is 39.1. The fourth-order valence-corrected chi connectivity index (χ4v) is 2.79. The number of benzene rings is 1. The Morgan fingerprint density at radius 2 is 1.88 bits per heavy atom. The van der Waals surface area contributed by atoms with Gasteiger partial charge in [-0.3, -0.25) is 14.4 Å². The van der Waals surface area contributed by atoms with Crippen LogP contribution in [0.4, 0.5) is 5.69 Å². The van der Waals surface area contributed by atoms with Gasteiger partial charge in [-0.05, 0) is 24.5 Å². The van der Waals surface area contributed by atoms with E-state index in [1.807, 2.05) is 18.4 Å². The second kappa shape index (κ2) is 7.35. The van der Waals surface area contributed by atoms with E-state index in [0.717, 1.165) is 4.90 Å². The number of hydrogen-bond donors (Lipinski definition) is 1. The van der Waals surface area contributed by atoms with Gasteiger partial charge < -0.3 is 14.8 Å². The highest BCUT2D eigenvalue weighted by atomic mass is 32.2. The van der Waals surface area contributed by atoms with E-state index >= 15 is 0 Å². The zero-order valence-electron chi connectivity index (χ0n) is 14.0. The van der Waals surface area contributed by atoms with Gasteiger partial charge in [0.25, 0.3) is 17.4 Å². The lowest BCUT2D eigenvalue weighted by atomic mass is 10.2. The third-order valence-corrected chi connectivity index (χ3v) is 4.23. The van der Waals surface area contributed by atoms with Crippen LogP contribution in [0.5, 0.6) is 0 Å². The average Bonchev–Trinajstić information content (AvgIpc) is 2.57. The lowest BCUT2D eigenvalue weighted by Gasteiger charge is -2.13. The first-order valence-electron chi connectivity index (χ1n) is 7.22.